The Morgan fingerprint density at radius 2 is 1.00 bits per heavy atom. The van der Waals surface area contributed by atoms with Crippen LogP contribution in [-0.2, 0) is 0 Å². The zero-order chi connectivity index (χ0) is 18.6. The molecule has 1 aliphatic rings. The van der Waals surface area contributed by atoms with E-state index in [4.69, 9.17) is 0 Å². The van der Waals surface area contributed by atoms with Crippen LogP contribution >= 0.6 is 0 Å². The molecule has 142 valence electrons. The molecule has 0 fully saturated rings. The number of nitrogens with one attached hydrogen (secondary N) is 2. The molecule has 0 radical (unpaired) electrons. The SMILES string of the molecule is C1=NCCCCCCCN=Cc2ccccc2NCCNc2ccccc21. The van der Waals surface area contributed by atoms with Crippen molar-refractivity contribution in [3.05, 3.63) is 59.7 Å². The molecule has 2 aromatic carbocycles. The van der Waals surface area contributed by atoms with Gasteiger partial charge in [0.1, 0.15) is 0 Å². The van der Waals surface area contributed by atoms with Gasteiger partial charge < -0.3 is 10.6 Å². The van der Waals surface area contributed by atoms with Gasteiger partial charge in [0.2, 0.25) is 0 Å². The Morgan fingerprint density at radius 3 is 1.52 bits per heavy atom. The maximum Gasteiger partial charge on any atom is 0.0429 e. The predicted octanol–water partition coefficient (Wildman–Crippen LogP) is 5.01. The van der Waals surface area contributed by atoms with Crippen molar-refractivity contribution in [3.63, 3.8) is 0 Å². The second kappa shape index (κ2) is 11.2. The highest BCUT2D eigenvalue weighted by Gasteiger charge is 2.01. The van der Waals surface area contributed by atoms with E-state index < -0.39 is 0 Å². The van der Waals surface area contributed by atoms with Crippen molar-refractivity contribution in [3.8, 4) is 0 Å². The van der Waals surface area contributed by atoms with E-state index in [9.17, 15) is 0 Å². The first-order chi connectivity index (χ1) is 13.4. The molecule has 0 aromatic heterocycles. The number of anilines is 2. The summed E-state index contributed by atoms with van der Waals surface area (Å²) < 4.78 is 0. The third-order valence-electron chi connectivity index (χ3n) is 4.71. The summed E-state index contributed by atoms with van der Waals surface area (Å²) in [5, 5.41) is 7.04. The van der Waals surface area contributed by atoms with Crippen LogP contribution in [0.4, 0.5) is 11.4 Å². The maximum atomic E-state index is 4.62. The van der Waals surface area contributed by atoms with Crippen LogP contribution in [0.5, 0.6) is 0 Å². The molecule has 2 N–H and O–H groups in total. The van der Waals surface area contributed by atoms with E-state index in [1.807, 2.05) is 12.4 Å². The molecule has 0 aliphatic carbocycles. The number of para-hydroxylation sites is 2. The van der Waals surface area contributed by atoms with Gasteiger partial charge in [0.25, 0.3) is 0 Å². The van der Waals surface area contributed by atoms with Gasteiger partial charge in [0, 0.05) is 61.1 Å². The van der Waals surface area contributed by atoms with Gasteiger partial charge in [-0.2, -0.15) is 0 Å². The van der Waals surface area contributed by atoms with E-state index in [2.05, 4.69) is 69.1 Å². The monoisotopic (exact) mass is 362 g/mol. The number of hydrogen-bond acceptors (Lipinski definition) is 4. The van der Waals surface area contributed by atoms with E-state index in [1.54, 1.807) is 0 Å². The van der Waals surface area contributed by atoms with Crippen molar-refractivity contribution in [1.82, 2.24) is 0 Å². The molecule has 4 heteroatoms. The van der Waals surface area contributed by atoms with E-state index >= 15 is 0 Å². The first-order valence-corrected chi connectivity index (χ1v) is 10.1. The fraction of sp³-hybridized carbons (Fsp3) is 0.391. The number of aliphatic imine (C=N–C) groups is 2. The fourth-order valence-electron chi connectivity index (χ4n) is 3.20. The van der Waals surface area contributed by atoms with Crippen molar-refractivity contribution in [2.24, 2.45) is 9.98 Å². The van der Waals surface area contributed by atoms with E-state index in [-0.39, 0.29) is 0 Å². The van der Waals surface area contributed by atoms with Gasteiger partial charge in [-0.15, -0.1) is 0 Å². The highest BCUT2D eigenvalue weighted by Crippen LogP contribution is 2.15. The quantitative estimate of drug-likeness (QED) is 0.692. The number of benzene rings is 2. The lowest BCUT2D eigenvalue weighted by Crippen LogP contribution is -2.15. The molecular weight excluding hydrogens is 332 g/mol. The number of fused-ring (bicyclic) bond motifs is 2. The number of nitrogens with zero attached hydrogens (tertiary/aromatic N) is 2. The van der Waals surface area contributed by atoms with Crippen LogP contribution in [-0.4, -0.2) is 38.6 Å². The fourth-order valence-corrected chi connectivity index (χ4v) is 3.20. The highest BCUT2D eigenvalue weighted by atomic mass is 15.0. The topological polar surface area (TPSA) is 48.8 Å². The molecular formula is C23H30N4. The van der Waals surface area contributed by atoms with Crippen LogP contribution < -0.4 is 10.6 Å². The van der Waals surface area contributed by atoms with Gasteiger partial charge in [-0.3, -0.25) is 9.98 Å². The first-order valence-electron chi connectivity index (χ1n) is 10.1. The van der Waals surface area contributed by atoms with Crippen molar-refractivity contribution < 1.29 is 0 Å². The minimum Gasteiger partial charge on any atom is -0.383 e. The molecule has 0 bridgehead atoms. The van der Waals surface area contributed by atoms with Gasteiger partial charge >= 0.3 is 0 Å². The Hall–Kier alpha value is -2.62. The number of hydrogen-bond donors (Lipinski definition) is 2. The van der Waals surface area contributed by atoms with Crippen molar-refractivity contribution in [1.29, 1.82) is 0 Å². The van der Waals surface area contributed by atoms with Crippen LogP contribution in [0.2, 0.25) is 0 Å². The minimum atomic E-state index is 0.844. The summed E-state index contributed by atoms with van der Waals surface area (Å²) in [4.78, 5) is 9.23. The van der Waals surface area contributed by atoms with E-state index in [0.717, 1.165) is 61.5 Å². The zero-order valence-corrected chi connectivity index (χ0v) is 16.0. The lowest BCUT2D eigenvalue weighted by Gasteiger charge is -2.12. The molecule has 1 aliphatic heterocycles. The standard InChI is InChI=1S/C23H30N4/c1-2-8-14-24-18-20-10-4-6-12-22(20)26-16-17-27-23-13-7-5-11-21(23)19-25-15-9-3-1/h4-7,10-13,18-19,26-27H,1-3,8-9,14-17H2. The lowest BCUT2D eigenvalue weighted by molar-refractivity contribution is 0.625. The smallest absolute Gasteiger partial charge is 0.0429 e. The average molecular weight is 363 g/mol. The van der Waals surface area contributed by atoms with Crippen LogP contribution in [0.15, 0.2) is 58.5 Å². The third kappa shape index (κ3) is 6.55. The molecule has 2 aromatic rings. The van der Waals surface area contributed by atoms with Crippen LogP contribution in [0.3, 0.4) is 0 Å². The van der Waals surface area contributed by atoms with Gasteiger partial charge in [-0.1, -0.05) is 55.7 Å². The second-order valence-electron chi connectivity index (χ2n) is 6.87. The summed E-state index contributed by atoms with van der Waals surface area (Å²) in [5.41, 5.74) is 4.58. The van der Waals surface area contributed by atoms with Gasteiger partial charge in [-0.25, -0.2) is 0 Å². The summed E-state index contributed by atoms with van der Waals surface area (Å²) >= 11 is 0. The maximum absolute atomic E-state index is 4.62. The third-order valence-corrected chi connectivity index (χ3v) is 4.71. The molecule has 0 unspecified atom stereocenters. The molecule has 27 heavy (non-hydrogen) atoms. The van der Waals surface area contributed by atoms with Gasteiger partial charge in [0.15, 0.2) is 0 Å². The summed E-state index contributed by atoms with van der Waals surface area (Å²) in [7, 11) is 0. The van der Waals surface area contributed by atoms with Crippen molar-refractivity contribution in [2.75, 3.05) is 36.8 Å². The molecule has 1 heterocycles. The lowest BCUT2D eigenvalue weighted by atomic mass is 10.1. The number of rotatable bonds is 0. The summed E-state index contributed by atoms with van der Waals surface area (Å²) in [6.07, 6.45) is 10.1. The van der Waals surface area contributed by atoms with Gasteiger partial charge in [0.05, 0.1) is 0 Å². The van der Waals surface area contributed by atoms with Crippen LogP contribution in [0, 0.1) is 0 Å². The van der Waals surface area contributed by atoms with Gasteiger partial charge in [-0.05, 0) is 25.0 Å². The Balaban J connectivity index is 1.68. The average Bonchev–Trinajstić information content (AvgIpc) is 2.70. The highest BCUT2D eigenvalue weighted by molar-refractivity contribution is 5.88. The molecule has 0 spiro atoms. The zero-order valence-electron chi connectivity index (χ0n) is 16.0. The summed E-state index contributed by atoms with van der Waals surface area (Å²) in [6.45, 7) is 3.50. The van der Waals surface area contributed by atoms with Crippen molar-refractivity contribution >= 4 is 23.8 Å². The molecule has 0 saturated heterocycles. The summed E-state index contributed by atoms with van der Waals surface area (Å²) in [5.74, 6) is 0. The molecule has 0 saturated carbocycles. The largest absolute Gasteiger partial charge is 0.383 e. The van der Waals surface area contributed by atoms with E-state index in [1.165, 1.54) is 19.3 Å². The second-order valence-corrected chi connectivity index (χ2v) is 6.87. The molecule has 0 amide bonds. The minimum absolute atomic E-state index is 0.844. The van der Waals surface area contributed by atoms with Crippen LogP contribution in [0.25, 0.3) is 0 Å². The predicted molar refractivity (Wildman–Crippen MR) is 118 cm³/mol. The Morgan fingerprint density at radius 1 is 0.556 bits per heavy atom. The Labute approximate surface area is 162 Å². The van der Waals surface area contributed by atoms with Crippen LogP contribution in [0.1, 0.15) is 43.2 Å². The molecule has 0 atom stereocenters. The normalized spacial score (nSPS) is 16.6. The van der Waals surface area contributed by atoms with Crippen molar-refractivity contribution in [2.45, 2.75) is 32.1 Å². The molecule has 4 nitrogen and oxygen atoms in total. The molecule has 3 rings (SSSR count). The Bertz CT molecular complexity index is 688. The first kappa shape index (κ1) is 19.2. The van der Waals surface area contributed by atoms with E-state index in [0.29, 0.717) is 0 Å². The Kier molecular flexibility index (Phi) is 7.92. The summed E-state index contributed by atoms with van der Waals surface area (Å²) in [6, 6.07) is 16.7.